The Morgan fingerprint density at radius 2 is 1.79 bits per heavy atom. The maximum atomic E-state index is 13.0. The van der Waals surface area contributed by atoms with Crippen molar-refractivity contribution in [1.29, 1.82) is 0 Å². The Morgan fingerprint density at radius 3 is 2.32 bits per heavy atom. The van der Waals surface area contributed by atoms with E-state index in [9.17, 15) is 13.2 Å². The van der Waals surface area contributed by atoms with Crippen molar-refractivity contribution in [3.63, 3.8) is 0 Å². The summed E-state index contributed by atoms with van der Waals surface area (Å²) in [6, 6.07) is 3.38. The van der Waals surface area contributed by atoms with Crippen LogP contribution in [-0.2, 0) is 6.18 Å². The maximum Gasteiger partial charge on any atom is 0.707 e. The van der Waals surface area contributed by atoms with Crippen LogP contribution in [0.4, 0.5) is 18.9 Å². The SMILES string of the molecule is OB(O)Oc1ccc(N2CCCC2)c(C(F)(F)F)c1. The molecule has 1 aliphatic rings. The molecule has 0 aliphatic carbocycles. The van der Waals surface area contributed by atoms with Gasteiger partial charge in [-0.25, -0.2) is 0 Å². The summed E-state index contributed by atoms with van der Waals surface area (Å²) >= 11 is 0. The fourth-order valence-electron chi connectivity index (χ4n) is 2.17. The highest BCUT2D eigenvalue weighted by molar-refractivity contribution is 6.33. The largest absolute Gasteiger partial charge is 0.707 e. The van der Waals surface area contributed by atoms with Crippen LogP contribution in [0, 0.1) is 0 Å². The molecule has 0 aromatic heterocycles. The molecule has 0 spiro atoms. The molecule has 2 rings (SSSR count). The highest BCUT2D eigenvalue weighted by Crippen LogP contribution is 2.39. The zero-order valence-electron chi connectivity index (χ0n) is 10.0. The molecule has 0 atom stereocenters. The molecular formula is C11H13BF3NO3. The van der Waals surface area contributed by atoms with Gasteiger partial charge in [-0.05, 0) is 31.0 Å². The molecule has 1 saturated heterocycles. The number of alkyl halides is 3. The van der Waals surface area contributed by atoms with Crippen LogP contribution in [0.2, 0.25) is 0 Å². The quantitative estimate of drug-likeness (QED) is 0.824. The van der Waals surface area contributed by atoms with Gasteiger partial charge in [0.05, 0.1) is 5.56 Å². The molecule has 8 heteroatoms. The monoisotopic (exact) mass is 275 g/mol. The van der Waals surface area contributed by atoms with E-state index in [0.29, 0.717) is 13.1 Å². The van der Waals surface area contributed by atoms with Crippen LogP contribution in [0.1, 0.15) is 18.4 Å². The van der Waals surface area contributed by atoms with Crippen molar-refractivity contribution < 1.29 is 27.9 Å². The molecule has 2 N–H and O–H groups in total. The lowest BCUT2D eigenvalue weighted by Crippen LogP contribution is -2.23. The lowest BCUT2D eigenvalue weighted by molar-refractivity contribution is -0.137. The van der Waals surface area contributed by atoms with Crippen molar-refractivity contribution in [3.8, 4) is 5.75 Å². The average molecular weight is 275 g/mol. The van der Waals surface area contributed by atoms with E-state index >= 15 is 0 Å². The van der Waals surface area contributed by atoms with Crippen molar-refractivity contribution in [2.24, 2.45) is 0 Å². The van der Waals surface area contributed by atoms with Gasteiger partial charge >= 0.3 is 13.5 Å². The number of nitrogens with zero attached hydrogens (tertiary/aromatic N) is 1. The molecule has 1 aliphatic heterocycles. The first kappa shape index (κ1) is 14.0. The van der Waals surface area contributed by atoms with Gasteiger partial charge in [-0.15, -0.1) is 0 Å². The molecule has 1 fully saturated rings. The van der Waals surface area contributed by atoms with Crippen LogP contribution < -0.4 is 9.55 Å². The minimum atomic E-state index is -4.52. The first-order valence-electron chi connectivity index (χ1n) is 5.87. The van der Waals surface area contributed by atoms with Crippen molar-refractivity contribution in [2.45, 2.75) is 19.0 Å². The lowest BCUT2D eigenvalue weighted by Gasteiger charge is -2.23. The number of anilines is 1. The number of hydrogen-bond donors (Lipinski definition) is 2. The molecule has 1 heterocycles. The van der Waals surface area contributed by atoms with Gasteiger partial charge in [0.1, 0.15) is 5.75 Å². The van der Waals surface area contributed by atoms with E-state index < -0.39 is 19.1 Å². The van der Waals surface area contributed by atoms with E-state index in [0.717, 1.165) is 18.9 Å². The molecule has 1 aromatic carbocycles. The van der Waals surface area contributed by atoms with Gasteiger partial charge < -0.3 is 19.6 Å². The predicted molar refractivity (Wildman–Crippen MR) is 63.7 cm³/mol. The normalized spacial score (nSPS) is 15.7. The first-order chi connectivity index (χ1) is 8.88. The first-order valence-corrected chi connectivity index (χ1v) is 5.87. The summed E-state index contributed by atoms with van der Waals surface area (Å²) in [7, 11) is -2.14. The molecule has 19 heavy (non-hydrogen) atoms. The highest BCUT2D eigenvalue weighted by Gasteiger charge is 2.36. The molecule has 4 nitrogen and oxygen atoms in total. The molecule has 0 bridgehead atoms. The van der Waals surface area contributed by atoms with Crippen LogP contribution in [0.25, 0.3) is 0 Å². The van der Waals surface area contributed by atoms with Crippen LogP contribution in [-0.4, -0.2) is 30.5 Å². The zero-order valence-corrected chi connectivity index (χ0v) is 10.0. The Morgan fingerprint density at radius 1 is 1.16 bits per heavy atom. The predicted octanol–water partition coefficient (Wildman–Crippen LogP) is 1.65. The Labute approximate surface area is 108 Å². The van der Waals surface area contributed by atoms with Crippen LogP contribution >= 0.6 is 0 Å². The van der Waals surface area contributed by atoms with Crippen LogP contribution in [0.3, 0.4) is 0 Å². The summed E-state index contributed by atoms with van der Waals surface area (Å²) in [6.07, 6.45) is -2.78. The van der Waals surface area contributed by atoms with E-state index in [1.54, 1.807) is 4.90 Å². The topological polar surface area (TPSA) is 52.9 Å². The Hall–Kier alpha value is -1.41. The third-order valence-electron chi connectivity index (χ3n) is 2.96. The minimum Gasteiger partial charge on any atom is -0.512 e. The molecule has 0 unspecified atom stereocenters. The van der Waals surface area contributed by atoms with E-state index in [2.05, 4.69) is 4.65 Å². The molecule has 0 radical (unpaired) electrons. The maximum absolute atomic E-state index is 13.0. The van der Waals surface area contributed by atoms with E-state index in [1.807, 2.05) is 0 Å². The fourth-order valence-corrected chi connectivity index (χ4v) is 2.17. The second kappa shape index (κ2) is 5.30. The van der Waals surface area contributed by atoms with Crippen molar-refractivity contribution in [3.05, 3.63) is 23.8 Å². The van der Waals surface area contributed by atoms with Crippen LogP contribution in [0.15, 0.2) is 18.2 Å². The summed E-state index contributed by atoms with van der Waals surface area (Å²) in [4.78, 5) is 1.67. The Kier molecular flexibility index (Phi) is 3.91. The van der Waals surface area contributed by atoms with Gasteiger partial charge in [-0.2, -0.15) is 13.2 Å². The van der Waals surface area contributed by atoms with Gasteiger partial charge in [0.25, 0.3) is 0 Å². The fraction of sp³-hybridized carbons (Fsp3) is 0.455. The molecular weight excluding hydrogens is 262 g/mol. The van der Waals surface area contributed by atoms with Crippen LogP contribution in [0.5, 0.6) is 5.75 Å². The van der Waals surface area contributed by atoms with Crippen molar-refractivity contribution in [1.82, 2.24) is 0 Å². The Balaban J connectivity index is 2.37. The second-order valence-corrected chi connectivity index (χ2v) is 4.32. The second-order valence-electron chi connectivity index (χ2n) is 4.32. The number of hydrogen-bond acceptors (Lipinski definition) is 4. The van der Waals surface area contributed by atoms with Gasteiger partial charge in [-0.3, -0.25) is 0 Å². The molecule has 0 amide bonds. The summed E-state index contributed by atoms with van der Waals surface area (Å²) < 4.78 is 43.5. The highest BCUT2D eigenvalue weighted by atomic mass is 19.4. The summed E-state index contributed by atoms with van der Waals surface area (Å²) in [6.45, 7) is 1.18. The van der Waals surface area contributed by atoms with Gasteiger partial charge in [0.15, 0.2) is 0 Å². The lowest BCUT2D eigenvalue weighted by atomic mass is 10.1. The van der Waals surface area contributed by atoms with Crippen molar-refractivity contribution >= 4 is 13.0 Å². The number of halogens is 3. The number of rotatable bonds is 3. The zero-order chi connectivity index (χ0) is 14.0. The summed E-state index contributed by atoms with van der Waals surface area (Å²) in [5.74, 6) is -0.231. The van der Waals surface area contributed by atoms with E-state index in [-0.39, 0.29) is 11.4 Å². The summed E-state index contributed by atoms with van der Waals surface area (Å²) in [5.41, 5.74) is -0.725. The number of benzene rings is 1. The van der Waals surface area contributed by atoms with Gasteiger partial charge in [0, 0.05) is 18.8 Å². The third kappa shape index (κ3) is 3.33. The van der Waals surface area contributed by atoms with E-state index in [4.69, 9.17) is 10.0 Å². The molecule has 1 aromatic rings. The van der Waals surface area contributed by atoms with Gasteiger partial charge in [-0.1, -0.05) is 0 Å². The van der Waals surface area contributed by atoms with Gasteiger partial charge in [0.2, 0.25) is 0 Å². The smallest absolute Gasteiger partial charge is 0.512 e. The third-order valence-corrected chi connectivity index (χ3v) is 2.96. The standard InChI is InChI=1S/C11H13BF3NO3/c13-11(14,15)9-7-8(19-12(17)18)3-4-10(9)16-5-1-2-6-16/h3-4,7,17-18H,1-2,5-6H2. The summed E-state index contributed by atoms with van der Waals surface area (Å²) in [5, 5.41) is 17.2. The van der Waals surface area contributed by atoms with E-state index in [1.165, 1.54) is 12.1 Å². The Bertz CT molecular complexity index is 447. The molecule has 104 valence electrons. The minimum absolute atomic E-state index is 0.102. The molecule has 0 saturated carbocycles. The average Bonchev–Trinajstić information content (AvgIpc) is 2.80. The van der Waals surface area contributed by atoms with Crippen molar-refractivity contribution in [2.75, 3.05) is 18.0 Å².